The third-order valence-electron chi connectivity index (χ3n) is 2.88. The average molecular weight is 249 g/mol. The van der Waals surface area contributed by atoms with E-state index >= 15 is 0 Å². The second-order valence-electron chi connectivity index (χ2n) is 4.73. The summed E-state index contributed by atoms with van der Waals surface area (Å²) in [6.45, 7) is 9.15. The molecule has 2 atom stereocenters. The van der Waals surface area contributed by atoms with Crippen molar-refractivity contribution in [1.29, 1.82) is 0 Å². The highest BCUT2D eigenvalue weighted by Gasteiger charge is 2.14. The van der Waals surface area contributed by atoms with E-state index in [1.807, 2.05) is 13.8 Å². The van der Waals surface area contributed by atoms with Crippen LogP contribution >= 0.6 is 0 Å². The summed E-state index contributed by atoms with van der Waals surface area (Å²) in [7, 11) is -2.83. The first kappa shape index (κ1) is 15.9. The molecule has 0 aromatic carbocycles. The van der Waals surface area contributed by atoms with E-state index in [2.05, 4.69) is 19.2 Å². The number of hydrogen-bond acceptors (Lipinski definition) is 3. The van der Waals surface area contributed by atoms with Gasteiger partial charge in [0.2, 0.25) is 0 Å². The van der Waals surface area contributed by atoms with Gasteiger partial charge in [0, 0.05) is 6.04 Å². The molecule has 0 fully saturated rings. The molecule has 0 rings (SSSR count). The number of nitrogens with one attached hydrogen (secondary N) is 1. The molecular formula is C12H27NO2S. The first-order valence-electron chi connectivity index (χ1n) is 6.35. The second kappa shape index (κ2) is 8.07. The normalized spacial score (nSPS) is 16.0. The van der Waals surface area contributed by atoms with Gasteiger partial charge >= 0.3 is 0 Å². The maximum Gasteiger partial charge on any atom is 0.150 e. The smallest absolute Gasteiger partial charge is 0.150 e. The molecule has 1 N–H and O–H groups in total. The third-order valence-corrected chi connectivity index (χ3v) is 4.87. The van der Waals surface area contributed by atoms with Crippen LogP contribution in [-0.4, -0.2) is 32.5 Å². The van der Waals surface area contributed by atoms with Crippen molar-refractivity contribution in [1.82, 2.24) is 5.32 Å². The predicted octanol–water partition coefficient (Wildman–Crippen LogP) is 2.23. The summed E-state index contributed by atoms with van der Waals surface area (Å²) in [6, 6.07) is 0.420. The van der Waals surface area contributed by atoms with Crippen molar-refractivity contribution in [3.8, 4) is 0 Å². The van der Waals surface area contributed by atoms with E-state index in [4.69, 9.17) is 0 Å². The van der Waals surface area contributed by atoms with Gasteiger partial charge < -0.3 is 5.32 Å². The summed E-state index contributed by atoms with van der Waals surface area (Å²) >= 11 is 0. The van der Waals surface area contributed by atoms with E-state index in [1.54, 1.807) is 0 Å². The lowest BCUT2D eigenvalue weighted by Gasteiger charge is -2.13. The number of sulfone groups is 1. The van der Waals surface area contributed by atoms with Crippen LogP contribution in [0.3, 0.4) is 0 Å². The van der Waals surface area contributed by atoms with Crippen molar-refractivity contribution in [3.63, 3.8) is 0 Å². The summed E-state index contributed by atoms with van der Waals surface area (Å²) in [5.74, 6) is 0.975. The zero-order valence-electron chi connectivity index (χ0n) is 11.1. The fourth-order valence-electron chi connectivity index (χ4n) is 1.69. The van der Waals surface area contributed by atoms with E-state index in [-0.39, 0.29) is 5.92 Å². The molecule has 0 spiro atoms. The highest BCUT2D eigenvalue weighted by atomic mass is 32.2. The Labute approximate surface area is 101 Å². The Bertz CT molecular complexity index is 262. The molecule has 16 heavy (non-hydrogen) atoms. The van der Waals surface area contributed by atoms with Gasteiger partial charge in [-0.15, -0.1) is 0 Å². The van der Waals surface area contributed by atoms with Crippen molar-refractivity contribution < 1.29 is 8.42 Å². The maximum absolute atomic E-state index is 11.7. The SMILES string of the molecule is CCNC(C)CCCS(=O)(=O)CC(C)CC. The Morgan fingerprint density at radius 3 is 2.31 bits per heavy atom. The molecule has 3 nitrogen and oxygen atoms in total. The van der Waals surface area contributed by atoms with E-state index in [0.29, 0.717) is 17.5 Å². The number of rotatable bonds is 9. The lowest BCUT2D eigenvalue weighted by atomic mass is 10.2. The summed E-state index contributed by atoms with van der Waals surface area (Å²) in [4.78, 5) is 0. The summed E-state index contributed by atoms with van der Waals surface area (Å²) in [6.07, 6.45) is 2.65. The summed E-state index contributed by atoms with van der Waals surface area (Å²) < 4.78 is 23.4. The molecule has 0 aliphatic rings. The predicted molar refractivity (Wildman–Crippen MR) is 70.5 cm³/mol. The van der Waals surface area contributed by atoms with Gasteiger partial charge in [0.1, 0.15) is 0 Å². The molecule has 98 valence electrons. The standard InChI is InChI=1S/C12H27NO2S/c1-5-11(3)10-16(14,15)9-7-8-12(4)13-6-2/h11-13H,5-10H2,1-4H3. The van der Waals surface area contributed by atoms with Crippen molar-refractivity contribution >= 4 is 9.84 Å². The molecule has 0 aliphatic heterocycles. The minimum Gasteiger partial charge on any atom is -0.315 e. The van der Waals surface area contributed by atoms with Crippen LogP contribution in [0.15, 0.2) is 0 Å². The van der Waals surface area contributed by atoms with Gasteiger partial charge in [-0.1, -0.05) is 27.2 Å². The molecule has 0 saturated carbocycles. The lowest BCUT2D eigenvalue weighted by Crippen LogP contribution is -2.26. The van der Waals surface area contributed by atoms with Crippen LogP contribution in [0.2, 0.25) is 0 Å². The van der Waals surface area contributed by atoms with Gasteiger partial charge in [-0.25, -0.2) is 8.42 Å². The van der Waals surface area contributed by atoms with Crippen LogP contribution in [0, 0.1) is 5.92 Å². The minimum atomic E-state index is -2.83. The van der Waals surface area contributed by atoms with Crippen LogP contribution in [-0.2, 0) is 9.84 Å². The Morgan fingerprint density at radius 2 is 1.81 bits per heavy atom. The van der Waals surface area contributed by atoms with Crippen LogP contribution in [0.5, 0.6) is 0 Å². The van der Waals surface area contributed by atoms with Crippen molar-refractivity contribution in [2.75, 3.05) is 18.1 Å². The lowest BCUT2D eigenvalue weighted by molar-refractivity contribution is 0.518. The van der Waals surface area contributed by atoms with Gasteiger partial charge in [0.25, 0.3) is 0 Å². The van der Waals surface area contributed by atoms with E-state index in [9.17, 15) is 8.42 Å². The quantitative estimate of drug-likeness (QED) is 0.681. The van der Waals surface area contributed by atoms with Crippen LogP contribution in [0.25, 0.3) is 0 Å². The zero-order chi connectivity index (χ0) is 12.6. The largest absolute Gasteiger partial charge is 0.315 e. The van der Waals surface area contributed by atoms with Gasteiger partial charge in [-0.05, 0) is 32.2 Å². The molecule has 0 bridgehead atoms. The average Bonchev–Trinajstić information content (AvgIpc) is 2.16. The molecular weight excluding hydrogens is 222 g/mol. The van der Waals surface area contributed by atoms with Crippen LogP contribution < -0.4 is 5.32 Å². The highest BCUT2D eigenvalue weighted by Crippen LogP contribution is 2.08. The topological polar surface area (TPSA) is 46.2 Å². The fraction of sp³-hybridized carbons (Fsp3) is 1.00. The Morgan fingerprint density at radius 1 is 1.19 bits per heavy atom. The van der Waals surface area contributed by atoms with Gasteiger partial charge in [0.15, 0.2) is 9.84 Å². The van der Waals surface area contributed by atoms with E-state index in [0.717, 1.165) is 25.8 Å². The Hall–Kier alpha value is -0.0900. The fourth-order valence-corrected chi connectivity index (χ4v) is 3.57. The summed E-state index contributed by atoms with van der Waals surface area (Å²) in [5, 5.41) is 3.29. The third kappa shape index (κ3) is 8.11. The first-order chi connectivity index (χ1) is 7.41. The molecule has 0 saturated heterocycles. The van der Waals surface area contributed by atoms with Crippen molar-refractivity contribution in [3.05, 3.63) is 0 Å². The summed E-state index contributed by atoms with van der Waals surface area (Å²) in [5.41, 5.74) is 0. The zero-order valence-corrected chi connectivity index (χ0v) is 11.9. The molecule has 4 heteroatoms. The molecule has 0 amide bonds. The monoisotopic (exact) mass is 249 g/mol. The van der Waals surface area contributed by atoms with Gasteiger partial charge in [-0.3, -0.25) is 0 Å². The minimum absolute atomic E-state index is 0.288. The van der Waals surface area contributed by atoms with Crippen molar-refractivity contribution in [2.45, 2.75) is 53.0 Å². The van der Waals surface area contributed by atoms with E-state index < -0.39 is 9.84 Å². The highest BCUT2D eigenvalue weighted by molar-refractivity contribution is 7.91. The number of hydrogen-bond donors (Lipinski definition) is 1. The van der Waals surface area contributed by atoms with Crippen LogP contribution in [0.4, 0.5) is 0 Å². The second-order valence-corrected chi connectivity index (χ2v) is 6.96. The molecule has 2 unspecified atom stereocenters. The molecule has 0 aromatic heterocycles. The molecule has 0 radical (unpaired) electrons. The maximum atomic E-state index is 11.7. The van der Waals surface area contributed by atoms with Crippen molar-refractivity contribution in [2.24, 2.45) is 5.92 Å². The Balaban J connectivity index is 3.82. The van der Waals surface area contributed by atoms with Gasteiger partial charge in [0.05, 0.1) is 11.5 Å². The van der Waals surface area contributed by atoms with E-state index in [1.165, 1.54) is 0 Å². The van der Waals surface area contributed by atoms with Crippen LogP contribution in [0.1, 0.15) is 47.0 Å². The molecule has 0 heterocycles. The Kier molecular flexibility index (Phi) is 8.02. The first-order valence-corrected chi connectivity index (χ1v) is 8.17. The van der Waals surface area contributed by atoms with Gasteiger partial charge in [-0.2, -0.15) is 0 Å². The molecule has 0 aliphatic carbocycles. The molecule has 0 aromatic rings.